The van der Waals surface area contributed by atoms with Crippen LogP contribution in [-0.2, 0) is 14.3 Å². The maximum absolute atomic E-state index is 11.3. The van der Waals surface area contributed by atoms with Gasteiger partial charge in [0.25, 0.3) is 0 Å². The highest BCUT2D eigenvalue weighted by molar-refractivity contribution is 6.08. The summed E-state index contributed by atoms with van der Waals surface area (Å²) >= 11 is 0. The Morgan fingerprint density at radius 3 is 2.79 bits per heavy atom. The summed E-state index contributed by atoms with van der Waals surface area (Å²) in [5.41, 5.74) is 0. The average molecular weight is 212 g/mol. The van der Waals surface area contributed by atoms with E-state index in [4.69, 9.17) is 9.47 Å². The van der Waals surface area contributed by atoms with Crippen molar-refractivity contribution in [1.29, 1.82) is 0 Å². The highest BCUT2D eigenvalue weighted by Gasteiger charge is 2.14. The van der Waals surface area contributed by atoms with E-state index < -0.39 is 0 Å². The van der Waals surface area contributed by atoms with Crippen molar-refractivity contribution in [3.05, 3.63) is 24.3 Å². The van der Waals surface area contributed by atoms with E-state index in [0.29, 0.717) is 19.8 Å². The lowest BCUT2D eigenvalue weighted by Crippen LogP contribution is -2.19. The smallest absolute Gasteiger partial charge is 0.164 e. The van der Waals surface area contributed by atoms with Gasteiger partial charge in [-0.25, -0.2) is 0 Å². The minimum Gasteiger partial charge on any atom is -0.383 e. The molecule has 1 atom stereocenters. The monoisotopic (exact) mass is 212 g/mol. The van der Waals surface area contributed by atoms with E-state index in [2.05, 4.69) is 0 Å². The Hall–Kier alpha value is -0.713. The van der Waals surface area contributed by atoms with Crippen LogP contribution < -0.4 is 0 Å². The number of carbonyl (C=O) groups excluding carboxylic acids is 1. The first kappa shape index (κ1) is 11.4. The SMILES string of the molecule is O=C1C=CC=CC1COCCOC[SiH3]. The molecule has 0 N–H and O–H groups in total. The molecule has 1 aliphatic carbocycles. The van der Waals surface area contributed by atoms with E-state index in [9.17, 15) is 4.79 Å². The Morgan fingerprint density at radius 1 is 1.29 bits per heavy atom. The summed E-state index contributed by atoms with van der Waals surface area (Å²) in [6, 6.07) is 0. The van der Waals surface area contributed by atoms with Crippen LogP contribution >= 0.6 is 0 Å². The fourth-order valence-corrected chi connectivity index (χ4v) is 1.47. The Labute approximate surface area is 87.2 Å². The number of allylic oxidation sites excluding steroid dienone is 3. The first-order valence-corrected chi connectivity index (χ1v) is 6.30. The third kappa shape index (κ3) is 4.00. The molecule has 0 heterocycles. The van der Waals surface area contributed by atoms with Gasteiger partial charge in [0.15, 0.2) is 5.78 Å². The molecule has 1 unspecified atom stereocenters. The zero-order valence-corrected chi connectivity index (χ0v) is 10.4. The first-order chi connectivity index (χ1) is 6.84. The molecule has 0 bridgehead atoms. The second-order valence-electron chi connectivity index (χ2n) is 3.02. The fourth-order valence-electron chi connectivity index (χ4n) is 1.18. The fraction of sp³-hybridized carbons (Fsp3) is 0.500. The highest BCUT2D eigenvalue weighted by Crippen LogP contribution is 2.07. The van der Waals surface area contributed by atoms with Crippen LogP contribution in [0, 0.1) is 5.92 Å². The normalized spacial score (nSPS) is 20.6. The van der Waals surface area contributed by atoms with Crippen molar-refractivity contribution >= 4 is 16.0 Å². The maximum atomic E-state index is 11.3. The molecule has 1 rings (SSSR count). The molecule has 0 saturated carbocycles. The van der Waals surface area contributed by atoms with E-state index >= 15 is 0 Å². The molecule has 0 fully saturated rings. The van der Waals surface area contributed by atoms with Crippen molar-refractivity contribution in [2.24, 2.45) is 5.92 Å². The molecule has 0 spiro atoms. The first-order valence-electron chi connectivity index (χ1n) is 4.88. The summed E-state index contributed by atoms with van der Waals surface area (Å²) in [7, 11) is 1.06. The predicted octanol–water partition coefficient (Wildman–Crippen LogP) is -0.346. The standard InChI is InChI=1S/C10H16O3Si/c11-10-4-2-1-3-9(10)7-12-5-6-13-8-14/h1-4,9H,5-8H2,14H3. The topological polar surface area (TPSA) is 35.5 Å². The summed E-state index contributed by atoms with van der Waals surface area (Å²) in [4.78, 5) is 11.3. The molecular formula is C10H16O3Si. The third-order valence-corrected chi connectivity index (χ3v) is 2.36. The molecule has 0 aromatic carbocycles. The van der Waals surface area contributed by atoms with Gasteiger partial charge in [-0.2, -0.15) is 0 Å². The quantitative estimate of drug-likeness (QED) is 0.446. The molecule has 3 nitrogen and oxygen atoms in total. The molecule has 0 aromatic heterocycles. The van der Waals surface area contributed by atoms with Crippen LogP contribution in [0.4, 0.5) is 0 Å². The van der Waals surface area contributed by atoms with Crippen LogP contribution in [0.15, 0.2) is 24.3 Å². The van der Waals surface area contributed by atoms with Gasteiger partial charge in [-0.1, -0.05) is 18.2 Å². The van der Waals surface area contributed by atoms with Crippen molar-refractivity contribution in [2.45, 2.75) is 0 Å². The summed E-state index contributed by atoms with van der Waals surface area (Å²) in [5, 5.41) is 0. The Balaban J connectivity index is 2.09. The number of rotatable bonds is 6. The van der Waals surface area contributed by atoms with Gasteiger partial charge >= 0.3 is 0 Å². The van der Waals surface area contributed by atoms with Gasteiger partial charge in [0, 0.05) is 16.5 Å². The number of ketones is 1. The predicted molar refractivity (Wildman–Crippen MR) is 58.4 cm³/mol. The molecule has 0 amide bonds. The minimum atomic E-state index is -0.101. The summed E-state index contributed by atoms with van der Waals surface area (Å²) in [6.45, 7) is 1.66. The van der Waals surface area contributed by atoms with Crippen LogP contribution in [0.1, 0.15) is 0 Å². The number of hydrogen-bond donors (Lipinski definition) is 0. The molecule has 14 heavy (non-hydrogen) atoms. The van der Waals surface area contributed by atoms with Crippen molar-refractivity contribution in [3.63, 3.8) is 0 Å². The molecule has 0 aliphatic heterocycles. The summed E-state index contributed by atoms with van der Waals surface area (Å²) in [6.07, 6.45) is 7.93. The van der Waals surface area contributed by atoms with Gasteiger partial charge in [0.05, 0.1) is 25.7 Å². The Kier molecular flexibility index (Phi) is 5.44. The zero-order chi connectivity index (χ0) is 10.2. The van der Waals surface area contributed by atoms with Crippen molar-refractivity contribution < 1.29 is 14.3 Å². The van der Waals surface area contributed by atoms with E-state index in [1.54, 1.807) is 12.2 Å². The van der Waals surface area contributed by atoms with E-state index in [1.165, 1.54) is 0 Å². The van der Waals surface area contributed by atoms with E-state index in [-0.39, 0.29) is 11.7 Å². The average Bonchev–Trinajstić information content (AvgIpc) is 2.20. The van der Waals surface area contributed by atoms with Crippen LogP contribution in [0.5, 0.6) is 0 Å². The lowest BCUT2D eigenvalue weighted by Gasteiger charge is -2.11. The second kappa shape index (κ2) is 6.70. The highest BCUT2D eigenvalue weighted by atomic mass is 28.1. The van der Waals surface area contributed by atoms with Crippen LogP contribution in [-0.4, -0.2) is 42.1 Å². The number of carbonyl (C=O) groups is 1. The second-order valence-corrected chi connectivity index (χ2v) is 3.60. The molecule has 0 radical (unpaired) electrons. The molecule has 0 aromatic rings. The van der Waals surface area contributed by atoms with Crippen molar-refractivity contribution in [3.8, 4) is 0 Å². The maximum Gasteiger partial charge on any atom is 0.164 e. The van der Waals surface area contributed by atoms with Crippen LogP contribution in [0.25, 0.3) is 0 Å². The van der Waals surface area contributed by atoms with Gasteiger partial charge in [-0.3, -0.25) is 4.79 Å². The third-order valence-electron chi connectivity index (χ3n) is 1.95. The van der Waals surface area contributed by atoms with Gasteiger partial charge in [-0.05, 0) is 6.08 Å². The van der Waals surface area contributed by atoms with Gasteiger partial charge < -0.3 is 9.47 Å². The number of ether oxygens (including phenoxy) is 2. The molecule has 4 heteroatoms. The lowest BCUT2D eigenvalue weighted by molar-refractivity contribution is -0.118. The van der Waals surface area contributed by atoms with Crippen molar-refractivity contribution in [1.82, 2.24) is 0 Å². The Bertz CT molecular complexity index is 236. The summed E-state index contributed by atoms with van der Waals surface area (Å²) in [5.74, 6) is 0.0207. The molecule has 78 valence electrons. The van der Waals surface area contributed by atoms with Crippen molar-refractivity contribution in [2.75, 3.05) is 26.1 Å². The van der Waals surface area contributed by atoms with Gasteiger partial charge in [0.2, 0.25) is 0 Å². The van der Waals surface area contributed by atoms with E-state index in [1.807, 2.05) is 12.2 Å². The summed E-state index contributed by atoms with van der Waals surface area (Å²) < 4.78 is 10.5. The van der Waals surface area contributed by atoms with Crippen LogP contribution in [0.2, 0.25) is 0 Å². The van der Waals surface area contributed by atoms with Crippen LogP contribution in [0.3, 0.4) is 0 Å². The minimum absolute atomic E-state index is 0.101. The Morgan fingerprint density at radius 2 is 2.07 bits per heavy atom. The number of hydrogen-bond acceptors (Lipinski definition) is 3. The molecular weight excluding hydrogens is 196 g/mol. The van der Waals surface area contributed by atoms with E-state index in [0.717, 1.165) is 16.5 Å². The van der Waals surface area contributed by atoms with Gasteiger partial charge in [-0.15, -0.1) is 0 Å². The largest absolute Gasteiger partial charge is 0.383 e. The lowest BCUT2D eigenvalue weighted by atomic mass is 10.0. The van der Waals surface area contributed by atoms with Gasteiger partial charge in [0.1, 0.15) is 0 Å². The molecule has 0 saturated heterocycles. The molecule has 1 aliphatic rings. The zero-order valence-electron chi connectivity index (χ0n) is 8.44.